The largest absolute Gasteiger partial charge is 0.480 e. The molecule has 2 N–H and O–H groups in total. The summed E-state index contributed by atoms with van der Waals surface area (Å²) in [5, 5.41) is 11.8. The highest BCUT2D eigenvalue weighted by molar-refractivity contribution is 5.95. The highest BCUT2D eigenvalue weighted by Gasteiger charge is 2.30. The molecule has 2 amide bonds. The third kappa shape index (κ3) is 5.01. The van der Waals surface area contributed by atoms with Crippen LogP contribution >= 0.6 is 0 Å². The first-order valence-electron chi connectivity index (χ1n) is 11.6. The quantitative estimate of drug-likeness (QED) is 0.505. The molecule has 1 fully saturated rings. The molecule has 1 saturated carbocycles. The number of amides is 2. The predicted molar refractivity (Wildman–Crippen MR) is 129 cm³/mol. The van der Waals surface area contributed by atoms with Gasteiger partial charge in [0.25, 0.3) is 5.91 Å². The fourth-order valence-corrected chi connectivity index (χ4v) is 4.52. The number of carbonyl (C=O) groups excluding carboxylic acids is 2. The molecule has 1 heterocycles. The average Bonchev–Trinajstić information content (AvgIpc) is 3.62. The van der Waals surface area contributed by atoms with Gasteiger partial charge in [-0.05, 0) is 53.1 Å². The van der Waals surface area contributed by atoms with E-state index in [1.807, 2.05) is 36.4 Å². The van der Waals surface area contributed by atoms with Gasteiger partial charge in [0.1, 0.15) is 24.7 Å². The van der Waals surface area contributed by atoms with E-state index in [4.69, 9.17) is 4.74 Å². The van der Waals surface area contributed by atoms with Crippen LogP contribution in [0.5, 0.6) is 0 Å². The lowest BCUT2D eigenvalue weighted by molar-refractivity contribution is -0.137. The van der Waals surface area contributed by atoms with E-state index in [1.165, 1.54) is 11.0 Å². The van der Waals surface area contributed by atoms with E-state index in [2.05, 4.69) is 22.4 Å². The molecule has 2 aliphatic rings. The molecule has 0 aliphatic heterocycles. The van der Waals surface area contributed by atoms with E-state index in [0.717, 1.165) is 35.1 Å². The summed E-state index contributed by atoms with van der Waals surface area (Å²) in [7, 11) is 0. The number of nitrogens with one attached hydrogen (secondary N) is 1. The Bertz CT molecular complexity index is 1240. The molecule has 0 spiro atoms. The van der Waals surface area contributed by atoms with Crippen molar-refractivity contribution in [2.45, 2.75) is 18.8 Å². The Morgan fingerprint density at radius 3 is 2.23 bits per heavy atom. The Morgan fingerprint density at radius 1 is 0.943 bits per heavy atom. The van der Waals surface area contributed by atoms with E-state index < -0.39 is 18.0 Å². The molecule has 35 heavy (non-hydrogen) atoms. The third-order valence-electron chi connectivity index (χ3n) is 6.33. The van der Waals surface area contributed by atoms with Crippen LogP contribution in [0.15, 0.2) is 66.7 Å². The van der Waals surface area contributed by atoms with Crippen molar-refractivity contribution >= 4 is 23.8 Å². The Balaban J connectivity index is 1.24. The minimum Gasteiger partial charge on any atom is -0.480 e. The fraction of sp³-hybridized carbons (Fsp3) is 0.259. The smallest absolute Gasteiger partial charge is 0.412 e. The second-order valence-corrected chi connectivity index (χ2v) is 8.88. The topological polar surface area (TPSA) is 109 Å². The van der Waals surface area contributed by atoms with Crippen molar-refractivity contribution in [1.82, 2.24) is 9.88 Å². The Kier molecular flexibility index (Phi) is 6.18. The number of hydrogen-bond acceptors (Lipinski definition) is 5. The molecule has 0 radical (unpaired) electrons. The summed E-state index contributed by atoms with van der Waals surface area (Å²) < 4.78 is 5.54. The Morgan fingerprint density at radius 2 is 1.60 bits per heavy atom. The van der Waals surface area contributed by atoms with Crippen LogP contribution in [0.4, 0.5) is 10.6 Å². The summed E-state index contributed by atoms with van der Waals surface area (Å²) in [4.78, 5) is 42.2. The number of carboxylic acid groups (broad SMARTS) is 1. The van der Waals surface area contributed by atoms with Gasteiger partial charge >= 0.3 is 12.1 Å². The summed E-state index contributed by atoms with van der Waals surface area (Å²) in [6.45, 7) is 0.157. The van der Waals surface area contributed by atoms with Gasteiger partial charge in [-0.25, -0.2) is 9.78 Å². The van der Waals surface area contributed by atoms with Crippen LogP contribution in [0, 0.1) is 5.92 Å². The van der Waals surface area contributed by atoms with E-state index in [-0.39, 0.29) is 30.6 Å². The maximum atomic E-state index is 12.9. The highest BCUT2D eigenvalue weighted by atomic mass is 16.5. The van der Waals surface area contributed by atoms with Crippen LogP contribution in [-0.2, 0) is 9.53 Å². The molecule has 1 aromatic heterocycles. The molecule has 0 saturated heterocycles. The second kappa shape index (κ2) is 9.58. The first kappa shape index (κ1) is 22.6. The molecule has 3 aromatic rings. The van der Waals surface area contributed by atoms with Crippen molar-refractivity contribution in [3.05, 3.63) is 83.6 Å². The fourth-order valence-electron chi connectivity index (χ4n) is 4.52. The maximum Gasteiger partial charge on any atom is 0.412 e. The monoisotopic (exact) mass is 471 g/mol. The van der Waals surface area contributed by atoms with Gasteiger partial charge < -0.3 is 14.7 Å². The van der Waals surface area contributed by atoms with Gasteiger partial charge in [-0.2, -0.15) is 0 Å². The summed E-state index contributed by atoms with van der Waals surface area (Å²) in [6, 6.07) is 20.8. The zero-order chi connectivity index (χ0) is 24.4. The molecule has 0 atom stereocenters. The zero-order valence-corrected chi connectivity index (χ0v) is 19.0. The van der Waals surface area contributed by atoms with Crippen molar-refractivity contribution in [3.63, 3.8) is 0 Å². The average molecular weight is 472 g/mol. The Hall–Kier alpha value is -4.20. The van der Waals surface area contributed by atoms with Gasteiger partial charge in [0.05, 0.1) is 0 Å². The molecule has 0 bridgehead atoms. The van der Waals surface area contributed by atoms with Crippen molar-refractivity contribution in [1.29, 1.82) is 0 Å². The van der Waals surface area contributed by atoms with Gasteiger partial charge in [0, 0.05) is 12.5 Å². The molecular formula is C27H25N3O5. The lowest BCUT2D eigenvalue weighted by Gasteiger charge is -2.20. The SMILES string of the molecule is O=C(O)CN(CC1CC1)C(=O)c1cccc(NC(=O)OCC2c3ccccc3-c3ccccc32)n1. The van der Waals surface area contributed by atoms with Crippen molar-refractivity contribution in [3.8, 4) is 11.1 Å². The van der Waals surface area contributed by atoms with Crippen molar-refractivity contribution in [2.24, 2.45) is 5.92 Å². The van der Waals surface area contributed by atoms with Crippen LogP contribution in [0.25, 0.3) is 11.1 Å². The van der Waals surface area contributed by atoms with Gasteiger partial charge in [0.15, 0.2) is 0 Å². The number of benzene rings is 2. The summed E-state index contributed by atoms with van der Waals surface area (Å²) >= 11 is 0. The Labute approximate surface area is 202 Å². The van der Waals surface area contributed by atoms with Gasteiger partial charge in [-0.1, -0.05) is 54.6 Å². The predicted octanol–water partition coefficient (Wildman–Crippen LogP) is 4.38. The molecule has 8 heteroatoms. The normalized spacial score (nSPS) is 14.1. The van der Waals surface area contributed by atoms with Gasteiger partial charge in [-0.3, -0.25) is 14.9 Å². The summed E-state index contributed by atoms with van der Waals surface area (Å²) in [6.07, 6.45) is 1.30. The highest BCUT2D eigenvalue weighted by Crippen LogP contribution is 2.44. The number of ether oxygens (including phenoxy) is 1. The van der Waals surface area contributed by atoms with Crippen molar-refractivity contribution in [2.75, 3.05) is 25.0 Å². The van der Waals surface area contributed by atoms with Crippen LogP contribution in [0.1, 0.15) is 40.4 Å². The lowest BCUT2D eigenvalue weighted by atomic mass is 9.98. The van der Waals surface area contributed by atoms with E-state index >= 15 is 0 Å². The standard InChI is InChI=1S/C27H25N3O5/c31-25(32)15-30(14-17-12-13-17)26(33)23-10-5-11-24(28-23)29-27(34)35-16-22-20-8-3-1-6-18(20)19-7-2-4-9-21(19)22/h1-11,17,22H,12-16H2,(H,31,32)(H,28,29,34). The minimum atomic E-state index is -1.08. The molecule has 8 nitrogen and oxygen atoms in total. The number of aromatic nitrogens is 1. The second-order valence-electron chi connectivity index (χ2n) is 8.88. The number of pyridine rings is 1. The molecule has 2 aliphatic carbocycles. The first-order chi connectivity index (χ1) is 17.0. The molecule has 178 valence electrons. The zero-order valence-electron chi connectivity index (χ0n) is 19.0. The van der Waals surface area contributed by atoms with Gasteiger partial charge in [0.2, 0.25) is 0 Å². The van der Waals surface area contributed by atoms with Crippen molar-refractivity contribution < 1.29 is 24.2 Å². The molecule has 5 rings (SSSR count). The van der Waals surface area contributed by atoms with E-state index in [0.29, 0.717) is 12.5 Å². The van der Waals surface area contributed by atoms with Crippen LogP contribution in [0.3, 0.4) is 0 Å². The molecular weight excluding hydrogens is 446 g/mol. The minimum absolute atomic E-state index is 0.0685. The van der Waals surface area contributed by atoms with E-state index in [9.17, 15) is 19.5 Å². The number of fused-ring (bicyclic) bond motifs is 3. The van der Waals surface area contributed by atoms with Crippen LogP contribution in [-0.4, -0.2) is 52.7 Å². The lowest BCUT2D eigenvalue weighted by Crippen LogP contribution is -2.37. The van der Waals surface area contributed by atoms with Crippen LogP contribution in [0.2, 0.25) is 0 Å². The number of anilines is 1. The summed E-state index contributed by atoms with van der Waals surface area (Å²) in [5.74, 6) is -1.13. The number of carbonyl (C=O) groups is 3. The summed E-state index contributed by atoms with van der Waals surface area (Å²) in [5.41, 5.74) is 4.58. The number of aliphatic carboxylic acids is 1. The number of rotatable bonds is 8. The molecule has 2 aromatic carbocycles. The third-order valence-corrected chi connectivity index (χ3v) is 6.33. The number of hydrogen-bond donors (Lipinski definition) is 2. The van der Waals surface area contributed by atoms with Gasteiger partial charge in [-0.15, -0.1) is 0 Å². The molecule has 0 unspecified atom stereocenters. The van der Waals surface area contributed by atoms with E-state index in [1.54, 1.807) is 12.1 Å². The van der Waals surface area contributed by atoms with Crippen LogP contribution < -0.4 is 5.32 Å². The number of nitrogens with zero attached hydrogens (tertiary/aromatic N) is 2. The first-order valence-corrected chi connectivity index (χ1v) is 11.6. The maximum absolute atomic E-state index is 12.9. The number of carboxylic acids is 1.